The van der Waals surface area contributed by atoms with Gasteiger partial charge < -0.3 is 10.5 Å². The molecule has 1 aliphatic carbocycles. The van der Waals surface area contributed by atoms with E-state index < -0.39 is 0 Å². The molecular weight excluding hydrogens is 205 g/mol. The summed E-state index contributed by atoms with van der Waals surface area (Å²) in [6.07, 6.45) is 2.81. The summed E-state index contributed by atoms with van der Waals surface area (Å²) in [5.74, 6) is 0.738. The third kappa shape index (κ3) is 1.21. The van der Waals surface area contributed by atoms with E-state index in [0.717, 1.165) is 36.1 Å². The van der Waals surface area contributed by atoms with Gasteiger partial charge in [-0.05, 0) is 31.9 Å². The van der Waals surface area contributed by atoms with Gasteiger partial charge in [0.05, 0.1) is 6.61 Å². The van der Waals surface area contributed by atoms with Crippen molar-refractivity contribution in [1.82, 2.24) is 0 Å². The Hall–Kier alpha value is -1.09. The van der Waals surface area contributed by atoms with Crippen molar-refractivity contribution in [3.63, 3.8) is 0 Å². The zero-order valence-corrected chi connectivity index (χ0v) is 9.42. The van der Waals surface area contributed by atoms with Crippen molar-refractivity contribution in [1.29, 1.82) is 0 Å². The normalized spacial score (nSPS) is 22.4. The second kappa shape index (κ2) is 3.20. The number of fused-ring (bicyclic) bond motifs is 1. The molecule has 1 fully saturated rings. The topological polar surface area (TPSA) is 35.2 Å². The number of nitrogens with two attached hydrogens (primary N) is 1. The third-order valence-corrected chi connectivity index (χ3v) is 3.99. The van der Waals surface area contributed by atoms with E-state index in [2.05, 4.69) is 0 Å². The molecule has 0 amide bonds. The fraction of sp³-hybridized carbons (Fsp3) is 0.538. The molecule has 0 bridgehead atoms. The summed E-state index contributed by atoms with van der Waals surface area (Å²) >= 11 is 0. The van der Waals surface area contributed by atoms with E-state index in [1.54, 1.807) is 6.07 Å². The highest BCUT2D eigenvalue weighted by molar-refractivity contribution is 5.50. The lowest BCUT2D eigenvalue weighted by atomic mass is 9.85. The van der Waals surface area contributed by atoms with Crippen LogP contribution in [0.3, 0.4) is 0 Å². The molecule has 1 unspecified atom stereocenters. The Bertz CT molecular complexity index is 438. The van der Waals surface area contributed by atoms with Crippen LogP contribution in [0.4, 0.5) is 4.39 Å². The minimum absolute atomic E-state index is 0.00843. The van der Waals surface area contributed by atoms with Crippen molar-refractivity contribution < 1.29 is 9.13 Å². The van der Waals surface area contributed by atoms with E-state index in [1.807, 2.05) is 6.92 Å². The van der Waals surface area contributed by atoms with Gasteiger partial charge in [-0.25, -0.2) is 4.39 Å². The number of hydrogen-bond acceptors (Lipinski definition) is 2. The van der Waals surface area contributed by atoms with Gasteiger partial charge >= 0.3 is 0 Å². The number of rotatable bonds is 2. The molecule has 1 atom stereocenters. The van der Waals surface area contributed by atoms with Crippen LogP contribution in [0.15, 0.2) is 12.1 Å². The van der Waals surface area contributed by atoms with E-state index in [1.165, 1.54) is 6.07 Å². The van der Waals surface area contributed by atoms with Gasteiger partial charge in [0.2, 0.25) is 0 Å². The fourth-order valence-corrected chi connectivity index (χ4v) is 2.85. The average molecular weight is 221 g/mol. The SMILES string of the molecule is CC(N)C1(c2c(F)ccc3c2CCO3)CC1. The van der Waals surface area contributed by atoms with Crippen LogP contribution in [-0.2, 0) is 11.8 Å². The number of ether oxygens (including phenoxy) is 1. The molecule has 0 saturated heterocycles. The molecular formula is C13H16FNO. The van der Waals surface area contributed by atoms with Crippen LogP contribution < -0.4 is 10.5 Å². The molecule has 0 radical (unpaired) electrons. The van der Waals surface area contributed by atoms with Crippen molar-refractivity contribution in [3.8, 4) is 5.75 Å². The average Bonchev–Trinajstić information content (AvgIpc) is 2.90. The number of hydrogen-bond donors (Lipinski definition) is 1. The molecule has 16 heavy (non-hydrogen) atoms. The monoisotopic (exact) mass is 221 g/mol. The molecule has 3 heteroatoms. The van der Waals surface area contributed by atoms with E-state index in [9.17, 15) is 4.39 Å². The van der Waals surface area contributed by atoms with Gasteiger partial charge in [-0.1, -0.05) is 0 Å². The Balaban J connectivity index is 2.17. The van der Waals surface area contributed by atoms with Crippen LogP contribution in [-0.4, -0.2) is 12.6 Å². The molecule has 86 valence electrons. The molecule has 1 aromatic carbocycles. The van der Waals surface area contributed by atoms with Crippen LogP contribution >= 0.6 is 0 Å². The van der Waals surface area contributed by atoms with E-state index in [4.69, 9.17) is 10.5 Å². The number of halogens is 1. The first-order valence-corrected chi connectivity index (χ1v) is 5.85. The lowest BCUT2D eigenvalue weighted by Crippen LogP contribution is -2.33. The van der Waals surface area contributed by atoms with Gasteiger partial charge in [0.1, 0.15) is 11.6 Å². The third-order valence-electron chi connectivity index (χ3n) is 3.99. The van der Waals surface area contributed by atoms with E-state index in [0.29, 0.717) is 6.61 Å². The fourth-order valence-electron chi connectivity index (χ4n) is 2.85. The summed E-state index contributed by atoms with van der Waals surface area (Å²) < 4.78 is 19.5. The maximum Gasteiger partial charge on any atom is 0.127 e. The minimum Gasteiger partial charge on any atom is -0.493 e. The molecule has 1 saturated carbocycles. The Morgan fingerprint density at radius 2 is 2.19 bits per heavy atom. The minimum atomic E-state index is -0.122. The summed E-state index contributed by atoms with van der Waals surface area (Å²) in [7, 11) is 0. The van der Waals surface area contributed by atoms with Gasteiger partial charge in [0.25, 0.3) is 0 Å². The summed E-state index contributed by atoms with van der Waals surface area (Å²) in [4.78, 5) is 0. The highest BCUT2D eigenvalue weighted by Crippen LogP contribution is 2.54. The van der Waals surface area contributed by atoms with Crippen LogP contribution in [0.2, 0.25) is 0 Å². The lowest BCUT2D eigenvalue weighted by Gasteiger charge is -2.23. The first-order chi connectivity index (χ1) is 7.65. The molecule has 1 aliphatic heterocycles. The Morgan fingerprint density at radius 3 is 2.81 bits per heavy atom. The smallest absolute Gasteiger partial charge is 0.127 e. The maximum absolute atomic E-state index is 14.0. The molecule has 0 spiro atoms. The molecule has 2 nitrogen and oxygen atoms in total. The predicted octanol–water partition coefficient (Wildman–Crippen LogP) is 2.14. The molecule has 2 aliphatic rings. The van der Waals surface area contributed by atoms with Crippen LogP contribution in [0, 0.1) is 5.82 Å². The van der Waals surface area contributed by atoms with E-state index in [-0.39, 0.29) is 17.3 Å². The molecule has 2 N–H and O–H groups in total. The summed E-state index contributed by atoms with van der Waals surface area (Å²) in [6, 6.07) is 3.26. The standard InChI is InChI=1S/C13H16FNO/c1-8(15)13(5-6-13)12-9-4-7-16-11(9)3-2-10(12)14/h2-3,8H,4-7,15H2,1H3. The highest BCUT2D eigenvalue weighted by Gasteiger charge is 2.51. The Labute approximate surface area is 94.6 Å². The summed E-state index contributed by atoms with van der Waals surface area (Å²) in [5.41, 5.74) is 7.78. The highest BCUT2D eigenvalue weighted by atomic mass is 19.1. The van der Waals surface area contributed by atoms with Crippen molar-refractivity contribution >= 4 is 0 Å². The van der Waals surface area contributed by atoms with Crippen molar-refractivity contribution in [3.05, 3.63) is 29.1 Å². The zero-order chi connectivity index (χ0) is 11.3. The second-order valence-corrected chi connectivity index (χ2v) is 4.94. The zero-order valence-electron chi connectivity index (χ0n) is 9.42. The van der Waals surface area contributed by atoms with Gasteiger partial charge in [-0.3, -0.25) is 0 Å². The van der Waals surface area contributed by atoms with Gasteiger partial charge in [-0.15, -0.1) is 0 Å². The molecule has 0 aromatic heterocycles. The first-order valence-electron chi connectivity index (χ1n) is 5.85. The van der Waals surface area contributed by atoms with Gasteiger partial charge in [0, 0.05) is 29.0 Å². The van der Waals surface area contributed by atoms with Gasteiger partial charge in [0.15, 0.2) is 0 Å². The second-order valence-electron chi connectivity index (χ2n) is 4.94. The maximum atomic E-state index is 14.0. The van der Waals surface area contributed by atoms with Gasteiger partial charge in [-0.2, -0.15) is 0 Å². The van der Waals surface area contributed by atoms with Crippen molar-refractivity contribution in [2.45, 2.75) is 37.6 Å². The lowest BCUT2D eigenvalue weighted by molar-refractivity contribution is 0.356. The molecule has 3 rings (SSSR count). The van der Waals surface area contributed by atoms with Crippen LogP contribution in [0.25, 0.3) is 0 Å². The Kier molecular flexibility index (Phi) is 2.02. The van der Waals surface area contributed by atoms with Crippen molar-refractivity contribution in [2.24, 2.45) is 5.73 Å². The molecule has 1 heterocycles. The van der Waals surface area contributed by atoms with Crippen molar-refractivity contribution in [2.75, 3.05) is 6.61 Å². The molecule has 1 aromatic rings. The largest absolute Gasteiger partial charge is 0.493 e. The number of benzene rings is 1. The summed E-state index contributed by atoms with van der Waals surface area (Å²) in [5, 5.41) is 0. The van der Waals surface area contributed by atoms with Crippen LogP contribution in [0.5, 0.6) is 5.75 Å². The Morgan fingerprint density at radius 1 is 1.44 bits per heavy atom. The summed E-state index contributed by atoms with van der Waals surface area (Å²) in [6.45, 7) is 2.64. The quantitative estimate of drug-likeness (QED) is 0.830. The predicted molar refractivity (Wildman–Crippen MR) is 60.2 cm³/mol. The first kappa shape index (κ1) is 10.1. The van der Waals surface area contributed by atoms with Crippen LogP contribution in [0.1, 0.15) is 30.9 Å². The van der Waals surface area contributed by atoms with E-state index >= 15 is 0 Å².